The Morgan fingerprint density at radius 3 is 2.67 bits per heavy atom. The maximum Gasteiger partial charge on any atom is 0.410 e. The summed E-state index contributed by atoms with van der Waals surface area (Å²) < 4.78 is 6.74. The molecule has 2 heterocycles. The number of aryl methyl sites for hydroxylation is 1. The molecule has 6 nitrogen and oxygen atoms in total. The van der Waals surface area contributed by atoms with Gasteiger partial charge < -0.3 is 19.3 Å². The number of β-amino-alcohol motifs (C(OH)–C–C–N with tert-alkyl or cyclic N) is 1. The molecule has 0 aromatic carbocycles. The van der Waals surface area contributed by atoms with Crippen LogP contribution in [0.5, 0.6) is 0 Å². The van der Waals surface area contributed by atoms with Crippen LogP contribution in [0.4, 0.5) is 4.79 Å². The van der Waals surface area contributed by atoms with Crippen molar-refractivity contribution in [2.45, 2.75) is 38.4 Å². The van der Waals surface area contributed by atoms with Gasteiger partial charge >= 0.3 is 6.09 Å². The van der Waals surface area contributed by atoms with Crippen LogP contribution >= 0.6 is 0 Å². The Kier molecular flexibility index (Phi) is 3.84. The van der Waals surface area contributed by atoms with Crippen LogP contribution < -0.4 is 5.56 Å². The first-order valence-corrected chi connectivity index (χ1v) is 6.98. The van der Waals surface area contributed by atoms with Gasteiger partial charge in [-0.3, -0.25) is 4.79 Å². The van der Waals surface area contributed by atoms with Crippen molar-refractivity contribution >= 4 is 6.09 Å². The lowest BCUT2D eigenvalue weighted by atomic mass is 9.94. The Morgan fingerprint density at radius 1 is 1.43 bits per heavy atom. The van der Waals surface area contributed by atoms with Crippen molar-refractivity contribution in [3.63, 3.8) is 0 Å². The van der Waals surface area contributed by atoms with Crippen LogP contribution in [0.15, 0.2) is 23.1 Å². The van der Waals surface area contributed by atoms with E-state index in [1.807, 2.05) is 0 Å². The third-order valence-electron chi connectivity index (χ3n) is 3.54. The fraction of sp³-hybridized carbons (Fsp3) is 0.600. The lowest BCUT2D eigenvalue weighted by Gasteiger charge is -2.26. The van der Waals surface area contributed by atoms with Crippen molar-refractivity contribution in [2.24, 2.45) is 7.05 Å². The summed E-state index contributed by atoms with van der Waals surface area (Å²) in [5.41, 5.74) is -1.40. The Bertz CT molecular complexity index is 602. The second-order valence-electron chi connectivity index (χ2n) is 6.55. The quantitative estimate of drug-likeness (QED) is 0.845. The second kappa shape index (κ2) is 5.18. The van der Waals surface area contributed by atoms with Crippen molar-refractivity contribution < 1.29 is 14.6 Å². The number of carbonyl (C=O) groups is 1. The highest BCUT2D eigenvalue weighted by atomic mass is 16.6. The van der Waals surface area contributed by atoms with Gasteiger partial charge in [0.2, 0.25) is 0 Å². The number of aliphatic hydroxyl groups is 1. The van der Waals surface area contributed by atoms with Crippen LogP contribution in [-0.4, -0.2) is 39.4 Å². The van der Waals surface area contributed by atoms with Crippen LogP contribution in [0.1, 0.15) is 32.8 Å². The zero-order chi connectivity index (χ0) is 15.8. The number of nitrogens with zero attached hydrogens (tertiary/aromatic N) is 2. The molecule has 1 atom stereocenters. The van der Waals surface area contributed by atoms with Crippen LogP contribution in [0.2, 0.25) is 0 Å². The zero-order valence-electron chi connectivity index (χ0n) is 12.9. The maximum atomic E-state index is 12.0. The van der Waals surface area contributed by atoms with Gasteiger partial charge in [-0.15, -0.1) is 0 Å². The predicted molar refractivity (Wildman–Crippen MR) is 78.0 cm³/mol. The van der Waals surface area contributed by atoms with Crippen LogP contribution in [0, 0.1) is 0 Å². The minimum atomic E-state index is -1.19. The van der Waals surface area contributed by atoms with Gasteiger partial charge in [-0.2, -0.15) is 0 Å². The van der Waals surface area contributed by atoms with Gasteiger partial charge in [0, 0.05) is 25.9 Å². The highest BCUT2D eigenvalue weighted by Crippen LogP contribution is 2.31. The molecule has 1 saturated heterocycles. The molecule has 1 fully saturated rings. The van der Waals surface area contributed by atoms with Gasteiger partial charge in [0.05, 0.1) is 6.54 Å². The summed E-state index contributed by atoms with van der Waals surface area (Å²) in [6, 6.07) is 3.12. The summed E-state index contributed by atoms with van der Waals surface area (Å²) in [6.07, 6.45) is 1.56. The fourth-order valence-corrected chi connectivity index (χ4v) is 2.35. The van der Waals surface area contributed by atoms with E-state index in [9.17, 15) is 14.7 Å². The molecule has 1 unspecified atom stereocenters. The van der Waals surface area contributed by atoms with Gasteiger partial charge in [-0.1, -0.05) is 0 Å². The number of likely N-dealkylation sites (tertiary alicyclic amines) is 1. The molecule has 0 bridgehead atoms. The van der Waals surface area contributed by atoms with Crippen molar-refractivity contribution in [3.05, 3.63) is 34.2 Å². The summed E-state index contributed by atoms with van der Waals surface area (Å²) in [4.78, 5) is 25.2. The van der Waals surface area contributed by atoms with Crippen molar-refractivity contribution in [3.8, 4) is 0 Å². The molecule has 1 aromatic rings. The molecule has 1 aliphatic rings. The average Bonchev–Trinajstić information content (AvgIpc) is 2.75. The van der Waals surface area contributed by atoms with E-state index in [4.69, 9.17) is 4.74 Å². The van der Waals surface area contributed by atoms with E-state index in [1.54, 1.807) is 40.1 Å². The topological polar surface area (TPSA) is 71.8 Å². The molecule has 0 spiro atoms. The molecule has 0 aliphatic carbocycles. The van der Waals surface area contributed by atoms with Crippen molar-refractivity contribution in [1.82, 2.24) is 9.47 Å². The van der Waals surface area contributed by atoms with Gasteiger partial charge in [0.1, 0.15) is 11.2 Å². The zero-order valence-corrected chi connectivity index (χ0v) is 12.9. The fourth-order valence-electron chi connectivity index (χ4n) is 2.35. The summed E-state index contributed by atoms with van der Waals surface area (Å²) in [6.45, 7) is 5.94. The molecular weight excluding hydrogens is 272 g/mol. The Morgan fingerprint density at radius 2 is 2.10 bits per heavy atom. The normalized spacial score (nSPS) is 22.4. The Labute approximate surface area is 123 Å². The highest BCUT2D eigenvalue weighted by Gasteiger charge is 2.41. The highest BCUT2D eigenvalue weighted by molar-refractivity contribution is 5.68. The number of hydrogen-bond donors (Lipinski definition) is 1. The van der Waals surface area contributed by atoms with E-state index in [1.165, 1.54) is 15.5 Å². The summed E-state index contributed by atoms with van der Waals surface area (Å²) in [5, 5.41) is 10.7. The maximum absolute atomic E-state index is 12.0. The van der Waals surface area contributed by atoms with E-state index in [0.717, 1.165) is 0 Å². The monoisotopic (exact) mass is 294 g/mol. The van der Waals surface area contributed by atoms with Gasteiger partial charge in [0.15, 0.2) is 0 Å². The van der Waals surface area contributed by atoms with Crippen molar-refractivity contribution in [2.75, 3.05) is 13.1 Å². The molecular formula is C15H22N2O4. The largest absolute Gasteiger partial charge is 0.444 e. The molecule has 1 amide bonds. The Balaban J connectivity index is 2.14. The molecule has 6 heteroatoms. The van der Waals surface area contributed by atoms with E-state index in [-0.39, 0.29) is 12.1 Å². The first kappa shape index (κ1) is 15.6. The summed E-state index contributed by atoms with van der Waals surface area (Å²) >= 11 is 0. The van der Waals surface area contributed by atoms with Crippen LogP contribution in [-0.2, 0) is 17.4 Å². The third-order valence-corrected chi connectivity index (χ3v) is 3.54. The number of rotatable bonds is 1. The SMILES string of the molecule is Cn1ccc(C2(O)CCN(C(=O)OC(C)(C)C)C2)cc1=O. The molecule has 0 saturated carbocycles. The first-order valence-electron chi connectivity index (χ1n) is 6.98. The lowest BCUT2D eigenvalue weighted by Crippen LogP contribution is -2.38. The molecule has 1 N–H and O–H groups in total. The summed E-state index contributed by atoms with van der Waals surface area (Å²) in [5.74, 6) is 0. The number of ether oxygens (including phenoxy) is 1. The molecule has 1 aliphatic heterocycles. The second-order valence-corrected chi connectivity index (χ2v) is 6.55. The standard InChI is InChI=1S/C15H22N2O4/c1-14(2,3)21-13(19)17-8-6-15(20,10-17)11-5-7-16(4)12(18)9-11/h5,7,9,20H,6,8,10H2,1-4H3. The van der Waals surface area contributed by atoms with Gasteiger partial charge in [-0.25, -0.2) is 4.79 Å². The molecule has 21 heavy (non-hydrogen) atoms. The third kappa shape index (κ3) is 3.44. The average molecular weight is 294 g/mol. The smallest absolute Gasteiger partial charge is 0.410 e. The van der Waals surface area contributed by atoms with E-state index in [0.29, 0.717) is 18.5 Å². The number of amides is 1. The lowest BCUT2D eigenvalue weighted by molar-refractivity contribution is 0.0139. The van der Waals surface area contributed by atoms with Gasteiger partial charge in [0.25, 0.3) is 5.56 Å². The minimum absolute atomic E-state index is 0.134. The van der Waals surface area contributed by atoms with E-state index >= 15 is 0 Å². The number of aromatic nitrogens is 1. The Hall–Kier alpha value is -1.82. The summed E-state index contributed by atoms with van der Waals surface area (Å²) in [7, 11) is 1.65. The number of pyridine rings is 1. The minimum Gasteiger partial charge on any atom is -0.444 e. The first-order chi connectivity index (χ1) is 9.61. The number of carbonyl (C=O) groups excluding carboxylic acids is 1. The molecule has 2 rings (SSSR count). The number of hydrogen-bond acceptors (Lipinski definition) is 4. The van der Waals surface area contributed by atoms with Gasteiger partial charge in [-0.05, 0) is 38.8 Å². The molecule has 116 valence electrons. The van der Waals surface area contributed by atoms with Crippen LogP contribution in [0.25, 0.3) is 0 Å². The molecule has 0 radical (unpaired) electrons. The predicted octanol–water partition coefficient (Wildman–Crippen LogP) is 1.21. The van der Waals surface area contributed by atoms with Crippen LogP contribution in [0.3, 0.4) is 0 Å². The molecule has 1 aromatic heterocycles. The van der Waals surface area contributed by atoms with E-state index in [2.05, 4.69) is 0 Å². The van der Waals surface area contributed by atoms with E-state index < -0.39 is 17.3 Å². The van der Waals surface area contributed by atoms with Crippen molar-refractivity contribution in [1.29, 1.82) is 0 Å².